The number of nitrogens with one attached hydrogen (secondary N) is 2. The number of nitrogens with two attached hydrogens (primary N) is 1. The number of benzene rings is 1. The summed E-state index contributed by atoms with van der Waals surface area (Å²) in [6, 6.07) is 2.33. The van der Waals surface area contributed by atoms with Gasteiger partial charge in [0.05, 0.1) is 11.3 Å². The molecule has 0 radical (unpaired) electrons. The lowest BCUT2D eigenvalue weighted by molar-refractivity contribution is 0.103. The number of ketones is 1. The first kappa shape index (κ1) is 31.4. The Hall–Kier alpha value is -1.86. The van der Waals surface area contributed by atoms with Crippen molar-refractivity contribution in [3.63, 3.8) is 0 Å². The first-order chi connectivity index (χ1) is 16.8. The van der Waals surface area contributed by atoms with Crippen LogP contribution in [0.2, 0.25) is 0 Å². The molecule has 13 heteroatoms. The number of sulfonamides is 1. The normalized spacial score (nSPS) is 15.6. The van der Waals surface area contributed by atoms with E-state index in [-0.39, 0.29) is 39.9 Å². The second-order valence-electron chi connectivity index (χ2n) is 10.1. The van der Waals surface area contributed by atoms with E-state index in [0.29, 0.717) is 31.4 Å². The molecule has 1 fully saturated rings. The summed E-state index contributed by atoms with van der Waals surface area (Å²) in [7, 11) is 0.130. The Morgan fingerprint density at radius 2 is 1.78 bits per heavy atom. The van der Waals surface area contributed by atoms with Gasteiger partial charge in [-0.3, -0.25) is 4.79 Å². The minimum Gasteiger partial charge on any atom is -0.382 e. The highest BCUT2D eigenvalue weighted by Gasteiger charge is 2.37. The molecular formula is C24H36ClF2N5O3S2. The SMILES string of the molecule is CC(C)CS(=O)(=O)NC1(Nc2nc(N)c(C(=O)c3c(F)cc(CCN(C)C)cc3F)s2)CCCCC1.Cl. The van der Waals surface area contributed by atoms with Gasteiger partial charge in [-0.2, -0.15) is 4.72 Å². The predicted octanol–water partition coefficient (Wildman–Crippen LogP) is 4.41. The zero-order chi connectivity index (χ0) is 26.7. The van der Waals surface area contributed by atoms with E-state index in [1.54, 1.807) is 0 Å². The van der Waals surface area contributed by atoms with E-state index in [2.05, 4.69) is 15.0 Å². The predicted molar refractivity (Wildman–Crippen MR) is 147 cm³/mol. The number of carbonyl (C=O) groups is 1. The Morgan fingerprint density at radius 1 is 1.19 bits per heavy atom. The molecule has 3 rings (SSSR count). The van der Waals surface area contributed by atoms with E-state index in [0.717, 1.165) is 42.7 Å². The highest BCUT2D eigenvalue weighted by molar-refractivity contribution is 7.89. The van der Waals surface area contributed by atoms with Crippen LogP contribution >= 0.6 is 23.7 Å². The van der Waals surface area contributed by atoms with Crippen LogP contribution in [-0.2, 0) is 16.4 Å². The Kier molecular flexibility index (Phi) is 10.8. The molecule has 1 aliphatic rings. The van der Waals surface area contributed by atoms with Crippen molar-refractivity contribution in [3.8, 4) is 0 Å². The van der Waals surface area contributed by atoms with Crippen molar-refractivity contribution in [2.45, 2.75) is 58.0 Å². The van der Waals surface area contributed by atoms with Gasteiger partial charge in [0.25, 0.3) is 0 Å². The second kappa shape index (κ2) is 12.8. The van der Waals surface area contributed by atoms with Crippen molar-refractivity contribution in [2.75, 3.05) is 37.4 Å². The van der Waals surface area contributed by atoms with E-state index in [4.69, 9.17) is 5.73 Å². The van der Waals surface area contributed by atoms with Crippen molar-refractivity contribution in [1.29, 1.82) is 0 Å². The molecule has 4 N–H and O–H groups in total. The molecule has 0 spiro atoms. The van der Waals surface area contributed by atoms with Crippen LogP contribution < -0.4 is 15.8 Å². The van der Waals surface area contributed by atoms with Crippen LogP contribution in [0.1, 0.15) is 66.8 Å². The molecule has 208 valence electrons. The maximum absolute atomic E-state index is 14.8. The van der Waals surface area contributed by atoms with Gasteiger partial charge in [-0.25, -0.2) is 22.2 Å². The fourth-order valence-electron chi connectivity index (χ4n) is 4.39. The Morgan fingerprint density at radius 3 is 2.32 bits per heavy atom. The number of hydrogen-bond donors (Lipinski definition) is 3. The lowest BCUT2D eigenvalue weighted by Gasteiger charge is -2.38. The first-order valence-electron chi connectivity index (χ1n) is 12.0. The maximum atomic E-state index is 14.8. The van der Waals surface area contributed by atoms with Crippen molar-refractivity contribution in [3.05, 3.63) is 39.8 Å². The van der Waals surface area contributed by atoms with Crippen LogP contribution in [0.3, 0.4) is 0 Å². The number of nitrogen functional groups attached to an aromatic ring is 1. The van der Waals surface area contributed by atoms with E-state index in [1.165, 1.54) is 0 Å². The molecule has 0 saturated heterocycles. The third-order valence-electron chi connectivity index (χ3n) is 5.99. The third-order valence-corrected chi connectivity index (χ3v) is 8.79. The molecule has 0 amide bonds. The number of carbonyl (C=O) groups excluding carboxylic acids is 1. The number of thiazole rings is 1. The topological polar surface area (TPSA) is 117 Å². The minimum absolute atomic E-state index is 0. The van der Waals surface area contributed by atoms with E-state index in [9.17, 15) is 22.0 Å². The average Bonchev–Trinajstić information content (AvgIpc) is 3.10. The fourth-order valence-corrected chi connectivity index (χ4v) is 7.13. The van der Waals surface area contributed by atoms with Crippen LogP contribution in [0.15, 0.2) is 12.1 Å². The number of rotatable bonds is 11. The van der Waals surface area contributed by atoms with Crippen molar-refractivity contribution in [2.24, 2.45) is 5.92 Å². The van der Waals surface area contributed by atoms with Crippen molar-refractivity contribution in [1.82, 2.24) is 14.6 Å². The summed E-state index contributed by atoms with van der Waals surface area (Å²) >= 11 is 0.859. The van der Waals surface area contributed by atoms with E-state index < -0.39 is 38.7 Å². The van der Waals surface area contributed by atoms with Crippen molar-refractivity contribution < 1.29 is 22.0 Å². The van der Waals surface area contributed by atoms with Gasteiger partial charge in [0.15, 0.2) is 5.13 Å². The smallest absolute Gasteiger partial charge is 0.213 e. The van der Waals surface area contributed by atoms with Gasteiger partial charge in [-0.15, -0.1) is 12.4 Å². The maximum Gasteiger partial charge on any atom is 0.213 e. The summed E-state index contributed by atoms with van der Waals surface area (Å²) in [5.74, 6) is -3.06. The van der Waals surface area contributed by atoms with Crippen LogP contribution in [-0.4, -0.2) is 56.1 Å². The summed E-state index contributed by atoms with van der Waals surface area (Å²) in [4.78, 5) is 19.1. The Bertz CT molecular complexity index is 1180. The number of hydrogen-bond acceptors (Lipinski definition) is 8. The molecule has 2 aromatic rings. The molecular weight excluding hydrogens is 544 g/mol. The molecule has 1 aromatic carbocycles. The zero-order valence-electron chi connectivity index (χ0n) is 21.6. The molecule has 0 atom stereocenters. The average molecular weight is 580 g/mol. The lowest BCUT2D eigenvalue weighted by atomic mass is 9.90. The Labute approximate surface area is 227 Å². The zero-order valence-corrected chi connectivity index (χ0v) is 24.0. The number of likely N-dealkylation sites (N-methyl/N-ethyl adjacent to an activating group) is 1. The number of anilines is 2. The molecule has 37 heavy (non-hydrogen) atoms. The highest BCUT2D eigenvalue weighted by atomic mass is 35.5. The van der Waals surface area contributed by atoms with Crippen LogP contribution in [0.4, 0.5) is 19.7 Å². The monoisotopic (exact) mass is 579 g/mol. The molecule has 1 heterocycles. The summed E-state index contributed by atoms with van der Waals surface area (Å²) < 4.78 is 57.9. The van der Waals surface area contributed by atoms with Crippen LogP contribution in [0.25, 0.3) is 0 Å². The molecule has 0 bridgehead atoms. The standard InChI is InChI=1S/C24H35F2N5O3S2.ClH/c1-15(2)14-36(33,34)30-24(9-6-5-7-10-24)29-23-28-22(27)21(35-23)20(32)19-17(25)12-16(13-18(19)26)8-11-31(3)4;/h12-13,15,30H,5-11,14,27H2,1-4H3,(H,28,29);1H. The van der Waals surface area contributed by atoms with E-state index in [1.807, 2.05) is 32.8 Å². The largest absolute Gasteiger partial charge is 0.382 e. The number of nitrogens with zero attached hydrogens (tertiary/aromatic N) is 2. The van der Waals surface area contributed by atoms with Gasteiger partial charge >= 0.3 is 0 Å². The summed E-state index contributed by atoms with van der Waals surface area (Å²) in [6.07, 6.45) is 4.08. The van der Waals surface area contributed by atoms with Gasteiger partial charge in [-0.05, 0) is 69.8 Å². The molecule has 1 saturated carbocycles. The third kappa shape index (κ3) is 8.31. The van der Waals surface area contributed by atoms with Gasteiger partial charge in [0.1, 0.15) is 28.0 Å². The van der Waals surface area contributed by atoms with Gasteiger partial charge in [0, 0.05) is 6.54 Å². The van der Waals surface area contributed by atoms with Crippen LogP contribution in [0.5, 0.6) is 0 Å². The molecule has 0 unspecified atom stereocenters. The molecule has 1 aromatic heterocycles. The Balaban J connectivity index is 0.00000481. The minimum atomic E-state index is -3.58. The first-order valence-corrected chi connectivity index (χ1v) is 14.5. The van der Waals surface area contributed by atoms with Crippen molar-refractivity contribution >= 4 is 50.5 Å². The van der Waals surface area contributed by atoms with Crippen LogP contribution in [0, 0.1) is 17.6 Å². The quantitative estimate of drug-likeness (QED) is 0.267. The van der Waals surface area contributed by atoms with Gasteiger partial charge in [-0.1, -0.05) is 31.6 Å². The van der Waals surface area contributed by atoms with E-state index >= 15 is 0 Å². The summed E-state index contributed by atoms with van der Waals surface area (Å²) in [5, 5.41) is 3.37. The summed E-state index contributed by atoms with van der Waals surface area (Å²) in [6.45, 7) is 4.25. The number of aromatic nitrogens is 1. The van der Waals surface area contributed by atoms with Gasteiger partial charge in [0.2, 0.25) is 15.8 Å². The molecule has 8 nitrogen and oxygen atoms in total. The fraction of sp³-hybridized carbons (Fsp3) is 0.583. The number of halogens is 3. The lowest BCUT2D eigenvalue weighted by Crippen LogP contribution is -2.56. The molecule has 0 aliphatic heterocycles. The van der Waals surface area contributed by atoms with Gasteiger partial charge < -0.3 is 16.0 Å². The second-order valence-corrected chi connectivity index (χ2v) is 12.9. The summed E-state index contributed by atoms with van der Waals surface area (Å²) in [5.41, 5.74) is 4.77. The molecule has 1 aliphatic carbocycles. The highest BCUT2D eigenvalue weighted by Crippen LogP contribution is 2.35.